The predicted molar refractivity (Wildman–Crippen MR) is 76.6 cm³/mol. The highest BCUT2D eigenvalue weighted by Gasteiger charge is 2.19. The molecule has 4 heteroatoms. The maximum Gasteiger partial charge on any atom is 0.330 e. The van der Waals surface area contributed by atoms with Crippen LogP contribution in [0.3, 0.4) is 0 Å². The topological polar surface area (TPSA) is 49.3 Å². The van der Waals surface area contributed by atoms with E-state index in [1.54, 1.807) is 24.3 Å². The highest BCUT2D eigenvalue weighted by atomic mass is 35.5. The summed E-state index contributed by atoms with van der Waals surface area (Å²) in [5.74, 6) is -0.925. The van der Waals surface area contributed by atoms with Gasteiger partial charge in [-0.3, -0.25) is 0 Å². The van der Waals surface area contributed by atoms with Crippen molar-refractivity contribution in [2.45, 2.75) is 13.0 Å². The monoisotopic (exact) mass is 275 g/mol. The molecule has 0 aliphatic carbocycles. The van der Waals surface area contributed by atoms with E-state index in [9.17, 15) is 9.90 Å². The molecule has 0 heterocycles. The molecule has 1 atom stereocenters. The first-order chi connectivity index (χ1) is 9.08. The van der Waals surface area contributed by atoms with Crippen LogP contribution in [0.1, 0.15) is 17.2 Å². The van der Waals surface area contributed by atoms with Crippen LogP contribution in [0.15, 0.2) is 48.5 Å². The van der Waals surface area contributed by atoms with Crippen LogP contribution < -0.4 is 5.32 Å². The van der Waals surface area contributed by atoms with E-state index in [1.807, 2.05) is 31.2 Å². The highest BCUT2D eigenvalue weighted by Crippen LogP contribution is 2.23. The molecule has 0 saturated carbocycles. The van der Waals surface area contributed by atoms with Crippen molar-refractivity contribution in [3.05, 3.63) is 64.7 Å². The average molecular weight is 276 g/mol. The Morgan fingerprint density at radius 3 is 2.37 bits per heavy atom. The summed E-state index contributed by atoms with van der Waals surface area (Å²) in [6, 6.07) is 13.6. The van der Waals surface area contributed by atoms with Gasteiger partial charge in [0.05, 0.1) is 0 Å². The molecule has 0 radical (unpaired) electrons. The number of aliphatic carboxylic acids is 1. The van der Waals surface area contributed by atoms with Gasteiger partial charge >= 0.3 is 5.97 Å². The Kier molecular flexibility index (Phi) is 4.07. The zero-order valence-electron chi connectivity index (χ0n) is 10.4. The summed E-state index contributed by atoms with van der Waals surface area (Å²) in [6.45, 7) is 1.93. The molecule has 19 heavy (non-hydrogen) atoms. The van der Waals surface area contributed by atoms with Crippen LogP contribution in [0, 0.1) is 6.92 Å². The third-order valence-electron chi connectivity index (χ3n) is 2.90. The van der Waals surface area contributed by atoms with E-state index in [2.05, 4.69) is 5.32 Å². The summed E-state index contributed by atoms with van der Waals surface area (Å²) in [5, 5.41) is 13.0. The molecule has 0 aliphatic heterocycles. The number of hydrogen-bond donors (Lipinski definition) is 2. The number of rotatable bonds is 4. The SMILES string of the molecule is Cc1ccccc1N[C@@H](C(=O)O)c1ccc(Cl)cc1. The maximum absolute atomic E-state index is 11.4. The molecule has 2 rings (SSSR count). The van der Waals surface area contributed by atoms with Gasteiger partial charge in [0.25, 0.3) is 0 Å². The van der Waals surface area contributed by atoms with E-state index in [0.717, 1.165) is 11.3 Å². The lowest BCUT2D eigenvalue weighted by molar-refractivity contribution is -0.138. The average Bonchev–Trinajstić information content (AvgIpc) is 2.39. The summed E-state index contributed by atoms with van der Waals surface area (Å²) >= 11 is 5.81. The van der Waals surface area contributed by atoms with Gasteiger partial charge in [0.15, 0.2) is 6.04 Å². The fourth-order valence-electron chi connectivity index (χ4n) is 1.83. The molecule has 0 bridgehead atoms. The minimum atomic E-state index is -0.925. The van der Waals surface area contributed by atoms with Gasteiger partial charge in [-0.25, -0.2) is 4.79 Å². The summed E-state index contributed by atoms with van der Waals surface area (Å²) in [5.41, 5.74) is 2.48. The predicted octanol–water partition coefficient (Wildman–Crippen LogP) is 3.89. The number of halogens is 1. The first-order valence-corrected chi connectivity index (χ1v) is 6.26. The second-order valence-corrected chi connectivity index (χ2v) is 4.72. The van der Waals surface area contributed by atoms with Gasteiger partial charge in [-0.2, -0.15) is 0 Å². The Morgan fingerprint density at radius 1 is 1.16 bits per heavy atom. The van der Waals surface area contributed by atoms with Gasteiger partial charge in [-0.15, -0.1) is 0 Å². The van der Waals surface area contributed by atoms with Gasteiger partial charge in [-0.1, -0.05) is 41.9 Å². The van der Waals surface area contributed by atoms with Gasteiger partial charge < -0.3 is 10.4 Å². The molecule has 0 saturated heterocycles. The van der Waals surface area contributed by atoms with Crippen LogP contribution in [-0.4, -0.2) is 11.1 Å². The van der Waals surface area contributed by atoms with Crippen molar-refractivity contribution in [1.29, 1.82) is 0 Å². The molecule has 98 valence electrons. The fraction of sp³-hybridized carbons (Fsp3) is 0.133. The lowest BCUT2D eigenvalue weighted by atomic mass is 10.1. The Balaban J connectivity index is 2.29. The Hall–Kier alpha value is -2.00. The number of hydrogen-bond acceptors (Lipinski definition) is 2. The quantitative estimate of drug-likeness (QED) is 0.890. The van der Waals surface area contributed by atoms with Crippen molar-refractivity contribution < 1.29 is 9.90 Å². The van der Waals surface area contributed by atoms with Gasteiger partial charge in [0.1, 0.15) is 0 Å². The molecular weight excluding hydrogens is 262 g/mol. The number of carboxylic acids is 1. The number of nitrogens with one attached hydrogen (secondary N) is 1. The Morgan fingerprint density at radius 2 is 1.79 bits per heavy atom. The number of carboxylic acid groups (broad SMARTS) is 1. The van der Waals surface area contributed by atoms with Crippen molar-refractivity contribution in [2.24, 2.45) is 0 Å². The normalized spacial score (nSPS) is 11.9. The van der Waals surface area contributed by atoms with Gasteiger partial charge in [0.2, 0.25) is 0 Å². The van der Waals surface area contributed by atoms with E-state index in [4.69, 9.17) is 11.6 Å². The number of anilines is 1. The van der Waals surface area contributed by atoms with Crippen LogP contribution >= 0.6 is 11.6 Å². The summed E-state index contributed by atoms with van der Waals surface area (Å²) < 4.78 is 0. The van der Waals surface area contributed by atoms with E-state index in [-0.39, 0.29) is 0 Å². The first kappa shape index (κ1) is 13.4. The molecule has 0 unspecified atom stereocenters. The van der Waals surface area contributed by atoms with E-state index < -0.39 is 12.0 Å². The summed E-state index contributed by atoms with van der Waals surface area (Å²) in [7, 11) is 0. The third kappa shape index (κ3) is 3.26. The second-order valence-electron chi connectivity index (χ2n) is 4.28. The number of benzene rings is 2. The summed E-state index contributed by atoms with van der Waals surface area (Å²) in [6.07, 6.45) is 0. The lowest BCUT2D eigenvalue weighted by Gasteiger charge is -2.17. The number of carbonyl (C=O) groups is 1. The molecule has 3 nitrogen and oxygen atoms in total. The van der Waals surface area contributed by atoms with Crippen molar-refractivity contribution in [1.82, 2.24) is 0 Å². The van der Waals surface area contributed by atoms with Crippen LogP contribution in [0.2, 0.25) is 5.02 Å². The smallest absolute Gasteiger partial charge is 0.330 e. The zero-order chi connectivity index (χ0) is 13.8. The van der Waals surface area contributed by atoms with E-state index in [1.165, 1.54) is 0 Å². The van der Waals surface area contributed by atoms with Gasteiger partial charge in [0, 0.05) is 10.7 Å². The molecule has 2 aromatic carbocycles. The van der Waals surface area contributed by atoms with E-state index in [0.29, 0.717) is 10.6 Å². The first-order valence-electron chi connectivity index (χ1n) is 5.88. The largest absolute Gasteiger partial charge is 0.479 e. The van der Waals surface area contributed by atoms with Crippen molar-refractivity contribution in [3.8, 4) is 0 Å². The zero-order valence-corrected chi connectivity index (χ0v) is 11.2. The number of para-hydroxylation sites is 1. The summed E-state index contributed by atoms with van der Waals surface area (Å²) in [4.78, 5) is 11.4. The fourth-order valence-corrected chi connectivity index (χ4v) is 1.96. The van der Waals surface area contributed by atoms with Crippen LogP contribution in [0.4, 0.5) is 5.69 Å². The van der Waals surface area contributed by atoms with Crippen molar-refractivity contribution >= 4 is 23.3 Å². The third-order valence-corrected chi connectivity index (χ3v) is 3.15. The lowest BCUT2D eigenvalue weighted by Crippen LogP contribution is -2.20. The molecule has 0 aromatic heterocycles. The molecular formula is C15H14ClNO2. The standard InChI is InChI=1S/C15H14ClNO2/c1-10-4-2-3-5-13(10)17-14(15(18)19)11-6-8-12(16)9-7-11/h2-9,14,17H,1H3,(H,18,19)/t14-/m1/s1. The van der Waals surface area contributed by atoms with Crippen LogP contribution in [-0.2, 0) is 4.79 Å². The molecule has 0 spiro atoms. The molecule has 0 fully saturated rings. The minimum Gasteiger partial charge on any atom is -0.479 e. The Labute approximate surface area is 116 Å². The molecule has 2 aromatic rings. The van der Waals surface area contributed by atoms with Gasteiger partial charge in [-0.05, 0) is 36.2 Å². The molecule has 2 N–H and O–H groups in total. The van der Waals surface area contributed by atoms with E-state index >= 15 is 0 Å². The van der Waals surface area contributed by atoms with Crippen LogP contribution in [0.25, 0.3) is 0 Å². The van der Waals surface area contributed by atoms with Crippen molar-refractivity contribution in [2.75, 3.05) is 5.32 Å². The second kappa shape index (κ2) is 5.76. The number of aryl methyl sites for hydroxylation is 1. The van der Waals surface area contributed by atoms with Crippen LogP contribution in [0.5, 0.6) is 0 Å². The Bertz CT molecular complexity index is 581. The maximum atomic E-state index is 11.4. The molecule has 0 aliphatic rings. The minimum absolute atomic E-state index is 0.587. The molecule has 0 amide bonds. The highest BCUT2D eigenvalue weighted by molar-refractivity contribution is 6.30. The van der Waals surface area contributed by atoms with Crippen molar-refractivity contribution in [3.63, 3.8) is 0 Å².